The van der Waals surface area contributed by atoms with Crippen LogP contribution in [0.3, 0.4) is 0 Å². The van der Waals surface area contributed by atoms with Gasteiger partial charge in [0.2, 0.25) is 0 Å². The van der Waals surface area contributed by atoms with Crippen LogP contribution < -0.4 is 0 Å². The number of carbonyl (C=O) groups excluding carboxylic acids is 2. The number of hydrogen-bond acceptors (Lipinski definition) is 4. The smallest absolute Gasteiger partial charge is 0.282 e. The van der Waals surface area contributed by atoms with Crippen LogP contribution in [0.25, 0.3) is 0 Å². The van der Waals surface area contributed by atoms with Crippen molar-refractivity contribution in [3.05, 3.63) is 74.8 Å². The fourth-order valence-electron chi connectivity index (χ4n) is 3.18. The third-order valence-electron chi connectivity index (χ3n) is 4.61. The second kappa shape index (κ2) is 7.66. The van der Waals surface area contributed by atoms with Gasteiger partial charge in [0.15, 0.2) is 5.78 Å². The number of ketones is 1. The summed E-state index contributed by atoms with van der Waals surface area (Å²) in [4.78, 5) is 37.3. The van der Waals surface area contributed by atoms with Gasteiger partial charge < -0.3 is 4.90 Å². The summed E-state index contributed by atoms with van der Waals surface area (Å²) in [5.74, 6) is -0.486. The van der Waals surface area contributed by atoms with E-state index in [1.54, 1.807) is 35.2 Å². The molecule has 0 bridgehead atoms. The third-order valence-corrected chi connectivity index (χ3v) is 4.86. The molecule has 2 aromatic rings. The van der Waals surface area contributed by atoms with Crippen molar-refractivity contribution in [2.75, 3.05) is 13.1 Å². The van der Waals surface area contributed by atoms with Crippen LogP contribution >= 0.6 is 11.6 Å². The van der Waals surface area contributed by atoms with Crippen LogP contribution in [0.2, 0.25) is 5.02 Å². The van der Waals surface area contributed by atoms with Crippen molar-refractivity contribution in [1.29, 1.82) is 0 Å². The van der Waals surface area contributed by atoms with Crippen LogP contribution in [0.1, 0.15) is 33.6 Å². The van der Waals surface area contributed by atoms with E-state index in [0.717, 1.165) is 0 Å². The average molecular weight is 373 g/mol. The molecule has 2 aromatic carbocycles. The second-order valence-electron chi connectivity index (χ2n) is 6.21. The number of amides is 1. The molecule has 6 nitrogen and oxygen atoms in total. The number of benzene rings is 2. The zero-order valence-electron chi connectivity index (χ0n) is 13.9. The van der Waals surface area contributed by atoms with Crippen molar-refractivity contribution in [1.82, 2.24) is 4.90 Å². The molecule has 0 atom stereocenters. The Balaban J connectivity index is 1.67. The molecular weight excluding hydrogens is 356 g/mol. The summed E-state index contributed by atoms with van der Waals surface area (Å²) in [6, 6.07) is 12.7. The lowest BCUT2D eigenvalue weighted by Gasteiger charge is -2.31. The predicted molar refractivity (Wildman–Crippen MR) is 97.5 cm³/mol. The van der Waals surface area contributed by atoms with Crippen molar-refractivity contribution in [3.63, 3.8) is 0 Å². The third kappa shape index (κ3) is 3.75. The first-order valence-electron chi connectivity index (χ1n) is 8.30. The van der Waals surface area contributed by atoms with Crippen molar-refractivity contribution in [2.45, 2.75) is 12.8 Å². The van der Waals surface area contributed by atoms with Crippen LogP contribution in [0.15, 0.2) is 48.5 Å². The normalized spacial score (nSPS) is 14.9. The lowest BCUT2D eigenvalue weighted by molar-refractivity contribution is -0.385. The lowest BCUT2D eigenvalue weighted by Crippen LogP contribution is -2.40. The van der Waals surface area contributed by atoms with Crippen LogP contribution in [-0.2, 0) is 0 Å². The molecule has 7 heteroatoms. The minimum absolute atomic E-state index is 0.0412. The average Bonchev–Trinajstić information content (AvgIpc) is 2.67. The number of carbonyl (C=O) groups is 2. The highest BCUT2D eigenvalue weighted by Crippen LogP contribution is 2.26. The number of nitro benzene ring substituents is 1. The Kier molecular flexibility index (Phi) is 5.32. The van der Waals surface area contributed by atoms with E-state index >= 15 is 0 Å². The van der Waals surface area contributed by atoms with Crippen LogP contribution in [0, 0.1) is 16.0 Å². The molecule has 26 heavy (non-hydrogen) atoms. The lowest BCUT2D eigenvalue weighted by atomic mass is 9.88. The largest absolute Gasteiger partial charge is 0.338 e. The minimum atomic E-state index is -0.552. The molecule has 0 N–H and O–H groups in total. The molecule has 0 saturated carbocycles. The van der Waals surface area contributed by atoms with Gasteiger partial charge in [-0.15, -0.1) is 0 Å². The van der Waals surface area contributed by atoms with E-state index < -0.39 is 4.92 Å². The van der Waals surface area contributed by atoms with E-state index in [9.17, 15) is 19.7 Å². The van der Waals surface area contributed by atoms with E-state index in [1.165, 1.54) is 18.2 Å². The van der Waals surface area contributed by atoms with Gasteiger partial charge in [-0.25, -0.2) is 0 Å². The molecule has 1 heterocycles. The Morgan fingerprint density at radius 2 is 1.65 bits per heavy atom. The number of hydrogen-bond donors (Lipinski definition) is 0. The summed E-state index contributed by atoms with van der Waals surface area (Å²) in [6.45, 7) is 0.795. The molecule has 1 aliphatic rings. The molecule has 3 rings (SSSR count). The molecular formula is C19H17ClN2O4. The summed E-state index contributed by atoms with van der Waals surface area (Å²) >= 11 is 5.85. The first kappa shape index (κ1) is 18.1. The van der Waals surface area contributed by atoms with Gasteiger partial charge in [0.1, 0.15) is 5.56 Å². The number of piperidine rings is 1. The molecule has 1 amide bonds. The van der Waals surface area contributed by atoms with Crippen molar-refractivity contribution in [3.8, 4) is 0 Å². The summed E-state index contributed by atoms with van der Waals surface area (Å²) in [5.41, 5.74) is 0.495. The van der Waals surface area contributed by atoms with E-state index in [1.807, 2.05) is 0 Å². The highest BCUT2D eigenvalue weighted by molar-refractivity contribution is 6.30. The predicted octanol–water partition coefficient (Wildman–Crippen LogP) is 3.98. The maximum Gasteiger partial charge on any atom is 0.282 e. The molecule has 0 aromatic heterocycles. The first-order chi connectivity index (χ1) is 12.5. The Morgan fingerprint density at radius 1 is 1.04 bits per heavy atom. The number of halogens is 1. The monoisotopic (exact) mass is 372 g/mol. The second-order valence-corrected chi connectivity index (χ2v) is 6.65. The summed E-state index contributed by atoms with van der Waals surface area (Å²) in [7, 11) is 0. The van der Waals surface area contributed by atoms with Gasteiger partial charge in [-0.05, 0) is 43.2 Å². The van der Waals surface area contributed by atoms with Gasteiger partial charge in [0.25, 0.3) is 11.6 Å². The molecule has 0 aliphatic carbocycles. The van der Waals surface area contributed by atoms with Gasteiger partial charge in [0.05, 0.1) is 4.92 Å². The van der Waals surface area contributed by atoms with Crippen molar-refractivity contribution in [2.24, 2.45) is 5.92 Å². The number of likely N-dealkylation sites (tertiary alicyclic amines) is 1. The number of rotatable bonds is 4. The quantitative estimate of drug-likeness (QED) is 0.461. The topological polar surface area (TPSA) is 80.5 Å². The first-order valence-corrected chi connectivity index (χ1v) is 8.67. The molecule has 0 spiro atoms. The zero-order chi connectivity index (χ0) is 18.7. The molecule has 0 radical (unpaired) electrons. The Labute approximate surface area is 155 Å². The highest BCUT2D eigenvalue weighted by atomic mass is 35.5. The zero-order valence-corrected chi connectivity index (χ0v) is 14.7. The van der Waals surface area contributed by atoms with E-state index in [-0.39, 0.29) is 28.9 Å². The van der Waals surface area contributed by atoms with Gasteiger partial charge in [-0.1, -0.05) is 23.7 Å². The maximum absolute atomic E-state index is 12.6. The highest BCUT2D eigenvalue weighted by Gasteiger charge is 2.30. The SMILES string of the molecule is O=C(c1ccc(Cl)cc1)C1CCN(C(=O)c2ccccc2[N+](=O)[O-])CC1. The van der Waals surface area contributed by atoms with Crippen LogP contribution in [-0.4, -0.2) is 34.6 Å². The molecule has 1 aliphatic heterocycles. The minimum Gasteiger partial charge on any atom is -0.338 e. The van der Waals surface area contributed by atoms with Gasteiger partial charge in [0, 0.05) is 35.7 Å². The van der Waals surface area contributed by atoms with Crippen LogP contribution in [0.5, 0.6) is 0 Å². The van der Waals surface area contributed by atoms with Gasteiger partial charge >= 0.3 is 0 Å². The van der Waals surface area contributed by atoms with Crippen LogP contribution in [0.4, 0.5) is 5.69 Å². The number of para-hydroxylation sites is 1. The fraction of sp³-hybridized carbons (Fsp3) is 0.263. The molecule has 1 saturated heterocycles. The maximum atomic E-state index is 12.6. The number of Topliss-reactive ketones (excluding diaryl/α,β-unsaturated/α-hetero) is 1. The van der Waals surface area contributed by atoms with E-state index in [4.69, 9.17) is 11.6 Å². The number of nitrogens with zero attached hydrogens (tertiary/aromatic N) is 2. The van der Waals surface area contributed by atoms with Gasteiger partial charge in [-0.3, -0.25) is 19.7 Å². The molecule has 1 fully saturated rings. The summed E-state index contributed by atoms with van der Waals surface area (Å²) in [6.07, 6.45) is 1.07. The van der Waals surface area contributed by atoms with Crippen molar-refractivity contribution >= 4 is 29.0 Å². The Hall–Kier alpha value is -2.73. The summed E-state index contributed by atoms with van der Waals surface area (Å²) in [5, 5.41) is 11.7. The standard InChI is InChI=1S/C19H17ClN2O4/c20-15-7-5-13(6-8-15)18(23)14-9-11-21(12-10-14)19(24)16-3-1-2-4-17(16)22(25)26/h1-8,14H,9-12H2. The van der Waals surface area contributed by atoms with Crippen molar-refractivity contribution < 1.29 is 14.5 Å². The number of nitro groups is 1. The Morgan fingerprint density at radius 3 is 2.27 bits per heavy atom. The van der Waals surface area contributed by atoms with E-state index in [0.29, 0.717) is 36.5 Å². The fourth-order valence-corrected chi connectivity index (χ4v) is 3.30. The Bertz CT molecular complexity index is 843. The molecule has 0 unspecified atom stereocenters. The molecule has 134 valence electrons. The summed E-state index contributed by atoms with van der Waals surface area (Å²) < 4.78 is 0. The van der Waals surface area contributed by atoms with Gasteiger partial charge in [-0.2, -0.15) is 0 Å². The van der Waals surface area contributed by atoms with E-state index in [2.05, 4.69) is 0 Å².